The monoisotopic (exact) mass is 307 g/mol. The molecule has 1 aromatic rings. The van der Waals surface area contributed by atoms with Crippen LogP contribution in [0.1, 0.15) is 18.4 Å². The van der Waals surface area contributed by atoms with E-state index in [0.717, 1.165) is 44.0 Å². The summed E-state index contributed by atoms with van der Waals surface area (Å²) >= 11 is 0. The lowest BCUT2D eigenvalue weighted by Gasteiger charge is -2.40. The Labute approximate surface area is 132 Å². The van der Waals surface area contributed by atoms with Gasteiger partial charge in [-0.25, -0.2) is 0 Å². The predicted molar refractivity (Wildman–Crippen MR) is 83.5 cm³/mol. The molecule has 0 radical (unpaired) electrons. The zero-order chi connectivity index (χ0) is 15.5. The summed E-state index contributed by atoms with van der Waals surface area (Å²) in [6.45, 7) is 2.74. The van der Waals surface area contributed by atoms with E-state index in [1.165, 1.54) is 5.56 Å². The second-order valence-corrected chi connectivity index (χ2v) is 5.95. The van der Waals surface area contributed by atoms with Crippen molar-refractivity contribution in [2.45, 2.75) is 37.6 Å². The van der Waals surface area contributed by atoms with Crippen LogP contribution in [0.15, 0.2) is 18.2 Å². The number of benzene rings is 1. The van der Waals surface area contributed by atoms with E-state index in [1.807, 2.05) is 6.07 Å². The second-order valence-electron chi connectivity index (χ2n) is 5.95. The Bertz CT molecular complexity index is 485. The molecule has 3 atom stereocenters. The lowest BCUT2D eigenvalue weighted by atomic mass is 9.95. The van der Waals surface area contributed by atoms with Crippen LogP contribution < -0.4 is 9.47 Å². The molecule has 2 fully saturated rings. The number of ether oxygens (including phenoxy) is 4. The SMILES string of the molecule is COc1cc(CN2CC[C@@H](OC)[C@@H]3OCC[C@H]32)cc(OC)c1. The summed E-state index contributed by atoms with van der Waals surface area (Å²) in [5.74, 6) is 1.67. The topological polar surface area (TPSA) is 40.2 Å². The normalized spacial score (nSPS) is 28.4. The first-order valence-corrected chi connectivity index (χ1v) is 7.85. The number of methoxy groups -OCH3 is 3. The molecule has 3 rings (SSSR count). The van der Waals surface area contributed by atoms with Crippen molar-refractivity contribution in [3.8, 4) is 11.5 Å². The molecular weight excluding hydrogens is 282 g/mol. The minimum Gasteiger partial charge on any atom is -0.497 e. The van der Waals surface area contributed by atoms with Crippen LogP contribution >= 0.6 is 0 Å². The number of likely N-dealkylation sites (tertiary alicyclic amines) is 1. The smallest absolute Gasteiger partial charge is 0.122 e. The molecular formula is C17H25NO4. The Kier molecular flexibility index (Phi) is 4.86. The first-order valence-electron chi connectivity index (χ1n) is 7.85. The summed E-state index contributed by atoms with van der Waals surface area (Å²) in [6.07, 6.45) is 2.51. The Morgan fingerprint density at radius 2 is 1.82 bits per heavy atom. The van der Waals surface area contributed by atoms with E-state index >= 15 is 0 Å². The summed E-state index contributed by atoms with van der Waals surface area (Å²) in [5.41, 5.74) is 1.21. The molecule has 2 saturated heterocycles. The van der Waals surface area contributed by atoms with Gasteiger partial charge >= 0.3 is 0 Å². The van der Waals surface area contributed by atoms with Crippen LogP contribution in [0.2, 0.25) is 0 Å². The first-order chi connectivity index (χ1) is 10.7. The van der Waals surface area contributed by atoms with Crippen LogP contribution in [0, 0.1) is 0 Å². The van der Waals surface area contributed by atoms with E-state index in [9.17, 15) is 0 Å². The largest absolute Gasteiger partial charge is 0.497 e. The minimum absolute atomic E-state index is 0.200. The van der Waals surface area contributed by atoms with E-state index < -0.39 is 0 Å². The molecule has 0 N–H and O–H groups in total. The highest BCUT2D eigenvalue weighted by Gasteiger charge is 2.42. The number of rotatable bonds is 5. The summed E-state index contributed by atoms with van der Waals surface area (Å²) in [4.78, 5) is 2.50. The zero-order valence-electron chi connectivity index (χ0n) is 13.6. The third-order valence-corrected chi connectivity index (χ3v) is 4.74. The van der Waals surface area contributed by atoms with Gasteiger partial charge in [0.15, 0.2) is 0 Å². The van der Waals surface area contributed by atoms with E-state index in [4.69, 9.17) is 18.9 Å². The van der Waals surface area contributed by atoms with Gasteiger partial charge in [0, 0.05) is 38.9 Å². The summed E-state index contributed by atoms with van der Waals surface area (Å²) in [5, 5.41) is 0. The van der Waals surface area contributed by atoms with Crippen LogP contribution in [0.25, 0.3) is 0 Å². The molecule has 0 bridgehead atoms. The van der Waals surface area contributed by atoms with Gasteiger partial charge < -0.3 is 18.9 Å². The van der Waals surface area contributed by atoms with Gasteiger partial charge in [-0.3, -0.25) is 4.90 Å². The van der Waals surface area contributed by atoms with Crippen molar-refractivity contribution in [1.29, 1.82) is 0 Å². The van der Waals surface area contributed by atoms with Crippen molar-refractivity contribution in [3.05, 3.63) is 23.8 Å². The predicted octanol–water partition coefficient (Wildman–Crippen LogP) is 2.08. The molecule has 5 heteroatoms. The lowest BCUT2D eigenvalue weighted by molar-refractivity contribution is -0.0845. The van der Waals surface area contributed by atoms with Crippen LogP contribution in [0.5, 0.6) is 11.5 Å². The molecule has 0 spiro atoms. The first kappa shape index (κ1) is 15.6. The van der Waals surface area contributed by atoms with Gasteiger partial charge in [-0.05, 0) is 30.5 Å². The van der Waals surface area contributed by atoms with Crippen molar-refractivity contribution in [2.24, 2.45) is 0 Å². The standard InChI is InChI=1S/C17H25NO4/c1-19-13-8-12(9-14(10-13)20-2)11-18-6-4-16(21-3)17-15(18)5-7-22-17/h8-10,15-17H,4-7,11H2,1-3H3/t15-,16-,17-/m1/s1. The minimum atomic E-state index is 0.200. The van der Waals surface area contributed by atoms with Gasteiger partial charge in [0.25, 0.3) is 0 Å². The quantitative estimate of drug-likeness (QED) is 0.833. The fraction of sp³-hybridized carbons (Fsp3) is 0.647. The van der Waals surface area contributed by atoms with E-state index in [2.05, 4.69) is 17.0 Å². The third kappa shape index (κ3) is 3.07. The summed E-state index contributed by atoms with van der Waals surface area (Å²) in [6, 6.07) is 6.50. The molecule has 2 aliphatic heterocycles. The summed E-state index contributed by atoms with van der Waals surface area (Å²) < 4.78 is 22.2. The molecule has 122 valence electrons. The highest BCUT2D eigenvalue weighted by Crippen LogP contribution is 2.32. The Morgan fingerprint density at radius 3 is 2.45 bits per heavy atom. The molecule has 0 saturated carbocycles. The Hall–Kier alpha value is -1.30. The number of hydrogen-bond acceptors (Lipinski definition) is 5. The lowest BCUT2D eigenvalue weighted by Crippen LogP contribution is -2.52. The van der Waals surface area contributed by atoms with Gasteiger partial charge in [0.2, 0.25) is 0 Å². The molecule has 22 heavy (non-hydrogen) atoms. The maximum absolute atomic E-state index is 5.90. The molecule has 0 amide bonds. The van der Waals surface area contributed by atoms with Gasteiger partial charge in [0.05, 0.1) is 26.4 Å². The van der Waals surface area contributed by atoms with Gasteiger partial charge in [0.1, 0.15) is 11.5 Å². The van der Waals surface area contributed by atoms with E-state index in [-0.39, 0.29) is 12.2 Å². The van der Waals surface area contributed by atoms with Gasteiger partial charge in [-0.2, -0.15) is 0 Å². The van der Waals surface area contributed by atoms with Crippen molar-refractivity contribution in [3.63, 3.8) is 0 Å². The van der Waals surface area contributed by atoms with Crippen molar-refractivity contribution in [2.75, 3.05) is 34.5 Å². The highest BCUT2D eigenvalue weighted by atomic mass is 16.5. The Morgan fingerprint density at radius 1 is 1.09 bits per heavy atom. The van der Waals surface area contributed by atoms with Crippen LogP contribution in [0.3, 0.4) is 0 Å². The van der Waals surface area contributed by atoms with Gasteiger partial charge in [-0.15, -0.1) is 0 Å². The van der Waals surface area contributed by atoms with Crippen molar-refractivity contribution >= 4 is 0 Å². The second kappa shape index (κ2) is 6.86. The zero-order valence-corrected chi connectivity index (χ0v) is 13.6. The maximum atomic E-state index is 5.90. The summed E-state index contributed by atoms with van der Waals surface area (Å²) in [7, 11) is 5.15. The van der Waals surface area contributed by atoms with Crippen molar-refractivity contribution < 1.29 is 18.9 Å². The van der Waals surface area contributed by atoms with Crippen LogP contribution in [-0.2, 0) is 16.0 Å². The molecule has 0 unspecified atom stereocenters. The number of hydrogen-bond donors (Lipinski definition) is 0. The molecule has 1 aromatic carbocycles. The highest BCUT2D eigenvalue weighted by molar-refractivity contribution is 5.38. The average Bonchev–Trinajstić information content (AvgIpc) is 3.05. The van der Waals surface area contributed by atoms with E-state index in [0.29, 0.717) is 6.04 Å². The molecule has 0 aromatic heterocycles. The fourth-order valence-electron chi connectivity index (χ4n) is 3.61. The fourth-order valence-corrected chi connectivity index (χ4v) is 3.61. The number of nitrogens with zero attached hydrogens (tertiary/aromatic N) is 1. The molecule has 5 nitrogen and oxygen atoms in total. The van der Waals surface area contributed by atoms with E-state index in [1.54, 1.807) is 21.3 Å². The number of piperidine rings is 1. The van der Waals surface area contributed by atoms with Crippen molar-refractivity contribution in [1.82, 2.24) is 4.90 Å². The number of fused-ring (bicyclic) bond motifs is 1. The van der Waals surface area contributed by atoms with Gasteiger partial charge in [-0.1, -0.05) is 0 Å². The van der Waals surface area contributed by atoms with Crippen LogP contribution in [0.4, 0.5) is 0 Å². The third-order valence-electron chi connectivity index (χ3n) is 4.74. The molecule has 2 heterocycles. The average molecular weight is 307 g/mol. The maximum Gasteiger partial charge on any atom is 0.122 e. The molecule has 2 aliphatic rings. The molecule has 0 aliphatic carbocycles. The Balaban J connectivity index is 1.75. The van der Waals surface area contributed by atoms with Crippen LogP contribution in [-0.4, -0.2) is 57.6 Å².